The summed E-state index contributed by atoms with van der Waals surface area (Å²) in [5.74, 6) is 0. The van der Waals surface area contributed by atoms with Gasteiger partial charge in [0.15, 0.2) is 0 Å². The SMILES string of the molecule is C=C(N)c1ncc(CCc2ccccc2)cc1-c1ccc(CO)cc1CCC. The van der Waals surface area contributed by atoms with Gasteiger partial charge in [-0.15, -0.1) is 0 Å². The summed E-state index contributed by atoms with van der Waals surface area (Å²) in [5.41, 5.74) is 14.0. The number of benzene rings is 2. The van der Waals surface area contributed by atoms with E-state index < -0.39 is 0 Å². The number of hydrogen-bond acceptors (Lipinski definition) is 3. The van der Waals surface area contributed by atoms with E-state index in [1.54, 1.807) is 0 Å². The fraction of sp³-hybridized carbons (Fsp3) is 0.240. The molecule has 0 unspecified atom stereocenters. The topological polar surface area (TPSA) is 59.1 Å². The number of aliphatic hydroxyl groups is 1. The van der Waals surface area contributed by atoms with Crippen LogP contribution in [0.2, 0.25) is 0 Å². The maximum absolute atomic E-state index is 9.51. The van der Waals surface area contributed by atoms with Gasteiger partial charge in [0.05, 0.1) is 18.0 Å². The van der Waals surface area contributed by atoms with E-state index in [4.69, 9.17) is 5.73 Å². The van der Waals surface area contributed by atoms with Crippen LogP contribution in [0.1, 0.15) is 41.3 Å². The van der Waals surface area contributed by atoms with E-state index in [2.05, 4.69) is 61.0 Å². The van der Waals surface area contributed by atoms with E-state index in [9.17, 15) is 5.11 Å². The fourth-order valence-electron chi connectivity index (χ4n) is 3.52. The summed E-state index contributed by atoms with van der Waals surface area (Å²) in [7, 11) is 0. The van der Waals surface area contributed by atoms with Crippen molar-refractivity contribution in [1.29, 1.82) is 0 Å². The predicted octanol–water partition coefficient (Wildman–Crippen LogP) is 4.91. The van der Waals surface area contributed by atoms with Crippen molar-refractivity contribution in [3.05, 3.63) is 95.3 Å². The van der Waals surface area contributed by atoms with Gasteiger partial charge in [-0.25, -0.2) is 0 Å². The minimum Gasteiger partial charge on any atom is -0.397 e. The lowest BCUT2D eigenvalue weighted by Gasteiger charge is -2.16. The normalized spacial score (nSPS) is 10.8. The molecule has 3 rings (SSSR count). The van der Waals surface area contributed by atoms with Crippen LogP contribution in [0.3, 0.4) is 0 Å². The minimum absolute atomic E-state index is 0.0445. The number of rotatable bonds is 8. The third kappa shape index (κ3) is 4.68. The van der Waals surface area contributed by atoms with Gasteiger partial charge in [0.25, 0.3) is 0 Å². The first-order valence-corrected chi connectivity index (χ1v) is 9.83. The highest BCUT2D eigenvalue weighted by atomic mass is 16.3. The molecule has 0 amide bonds. The van der Waals surface area contributed by atoms with Crippen LogP contribution in [0.5, 0.6) is 0 Å². The molecule has 0 atom stereocenters. The molecule has 0 aliphatic carbocycles. The summed E-state index contributed by atoms with van der Waals surface area (Å²) in [6.45, 7) is 6.12. The number of hydrogen-bond donors (Lipinski definition) is 2. The molecule has 0 spiro atoms. The molecule has 0 radical (unpaired) electrons. The molecule has 3 N–H and O–H groups in total. The molecule has 2 aromatic carbocycles. The van der Waals surface area contributed by atoms with Crippen LogP contribution in [-0.2, 0) is 25.9 Å². The predicted molar refractivity (Wildman–Crippen MR) is 117 cm³/mol. The fourth-order valence-corrected chi connectivity index (χ4v) is 3.52. The van der Waals surface area contributed by atoms with Gasteiger partial charge in [-0.05, 0) is 53.1 Å². The van der Waals surface area contributed by atoms with E-state index in [0.29, 0.717) is 5.70 Å². The molecule has 0 aliphatic heterocycles. The average Bonchev–Trinajstić information content (AvgIpc) is 2.73. The molecule has 0 aliphatic rings. The first-order chi connectivity index (χ1) is 13.6. The molecule has 3 heteroatoms. The maximum atomic E-state index is 9.51. The molecule has 0 bridgehead atoms. The smallest absolute Gasteiger partial charge is 0.0931 e. The molecule has 0 saturated carbocycles. The maximum Gasteiger partial charge on any atom is 0.0931 e. The van der Waals surface area contributed by atoms with E-state index >= 15 is 0 Å². The van der Waals surface area contributed by atoms with Crippen LogP contribution in [0, 0.1) is 0 Å². The zero-order valence-electron chi connectivity index (χ0n) is 16.5. The molecule has 3 aromatic rings. The van der Waals surface area contributed by atoms with Crippen LogP contribution < -0.4 is 5.73 Å². The molecule has 28 heavy (non-hydrogen) atoms. The van der Waals surface area contributed by atoms with Crippen LogP contribution in [-0.4, -0.2) is 10.1 Å². The number of aromatic nitrogens is 1. The van der Waals surface area contributed by atoms with Gasteiger partial charge in [0.1, 0.15) is 0 Å². The number of nitrogens with two attached hydrogens (primary N) is 1. The molecular formula is C25H28N2O. The second kappa shape index (κ2) is 9.34. The van der Waals surface area contributed by atoms with Crippen LogP contribution >= 0.6 is 0 Å². The number of pyridine rings is 1. The molecule has 0 fully saturated rings. The monoisotopic (exact) mass is 372 g/mol. The number of aliphatic hydroxyl groups excluding tert-OH is 1. The van der Waals surface area contributed by atoms with E-state index in [0.717, 1.165) is 48.1 Å². The van der Waals surface area contributed by atoms with Gasteiger partial charge < -0.3 is 10.8 Å². The quantitative estimate of drug-likeness (QED) is 0.591. The van der Waals surface area contributed by atoms with Gasteiger partial charge in [0.2, 0.25) is 0 Å². The Bertz CT molecular complexity index is 948. The highest BCUT2D eigenvalue weighted by Gasteiger charge is 2.14. The van der Waals surface area contributed by atoms with Crippen molar-refractivity contribution < 1.29 is 5.11 Å². The van der Waals surface area contributed by atoms with Crippen molar-refractivity contribution in [2.75, 3.05) is 0 Å². The highest BCUT2D eigenvalue weighted by Crippen LogP contribution is 2.31. The van der Waals surface area contributed by atoms with Gasteiger partial charge in [-0.3, -0.25) is 4.98 Å². The Labute approximate surface area is 167 Å². The van der Waals surface area contributed by atoms with Gasteiger partial charge in [-0.1, -0.05) is 68.5 Å². The summed E-state index contributed by atoms with van der Waals surface area (Å²) < 4.78 is 0. The van der Waals surface area contributed by atoms with Gasteiger partial charge >= 0.3 is 0 Å². The lowest BCUT2D eigenvalue weighted by Crippen LogP contribution is -2.04. The van der Waals surface area contributed by atoms with E-state index in [-0.39, 0.29) is 6.61 Å². The van der Waals surface area contributed by atoms with Gasteiger partial charge in [-0.2, -0.15) is 0 Å². The van der Waals surface area contributed by atoms with Crippen molar-refractivity contribution in [3.8, 4) is 11.1 Å². The van der Waals surface area contributed by atoms with Crippen LogP contribution in [0.4, 0.5) is 0 Å². The Morgan fingerprint density at radius 1 is 0.929 bits per heavy atom. The van der Waals surface area contributed by atoms with Crippen molar-refractivity contribution in [1.82, 2.24) is 4.98 Å². The molecule has 1 aromatic heterocycles. The van der Waals surface area contributed by atoms with Crippen molar-refractivity contribution in [2.45, 2.75) is 39.2 Å². The van der Waals surface area contributed by atoms with Crippen molar-refractivity contribution >= 4 is 5.70 Å². The lowest BCUT2D eigenvalue weighted by atomic mass is 9.92. The molecule has 1 heterocycles. The first-order valence-electron chi connectivity index (χ1n) is 9.83. The van der Waals surface area contributed by atoms with Crippen LogP contribution in [0.25, 0.3) is 16.8 Å². The van der Waals surface area contributed by atoms with Gasteiger partial charge in [0, 0.05) is 11.8 Å². The third-order valence-corrected chi connectivity index (χ3v) is 4.96. The van der Waals surface area contributed by atoms with Crippen molar-refractivity contribution in [2.24, 2.45) is 5.73 Å². The summed E-state index contributed by atoms with van der Waals surface area (Å²) >= 11 is 0. The Kier molecular flexibility index (Phi) is 6.62. The zero-order chi connectivity index (χ0) is 19.9. The van der Waals surface area contributed by atoms with E-state index in [1.165, 1.54) is 16.7 Å². The standard InChI is InChI=1S/C25H28N2O/c1-3-7-22-14-21(17-28)12-13-23(22)24-15-20(16-27-25(24)18(2)26)11-10-19-8-5-4-6-9-19/h4-6,8-9,12-16,28H,2-3,7,10-11,17,26H2,1H3. The van der Waals surface area contributed by atoms with Crippen LogP contribution in [0.15, 0.2) is 67.4 Å². The Hall–Kier alpha value is -2.91. The highest BCUT2D eigenvalue weighted by molar-refractivity contribution is 5.79. The molecular weight excluding hydrogens is 344 g/mol. The second-order valence-corrected chi connectivity index (χ2v) is 7.15. The summed E-state index contributed by atoms with van der Waals surface area (Å²) in [4.78, 5) is 4.64. The summed E-state index contributed by atoms with van der Waals surface area (Å²) in [6.07, 6.45) is 5.76. The summed E-state index contributed by atoms with van der Waals surface area (Å²) in [6, 6.07) is 18.8. The number of aryl methyl sites for hydroxylation is 3. The molecule has 144 valence electrons. The van der Waals surface area contributed by atoms with E-state index in [1.807, 2.05) is 18.3 Å². The van der Waals surface area contributed by atoms with Crippen molar-refractivity contribution in [3.63, 3.8) is 0 Å². The Morgan fingerprint density at radius 2 is 1.68 bits per heavy atom. The molecule has 3 nitrogen and oxygen atoms in total. The number of nitrogens with zero attached hydrogens (tertiary/aromatic N) is 1. The zero-order valence-corrected chi connectivity index (χ0v) is 16.5. The first kappa shape index (κ1) is 19.8. The Balaban J connectivity index is 1.99. The minimum atomic E-state index is 0.0445. The lowest BCUT2D eigenvalue weighted by molar-refractivity contribution is 0.281. The Morgan fingerprint density at radius 3 is 2.36 bits per heavy atom. The third-order valence-electron chi connectivity index (χ3n) is 4.96. The molecule has 0 saturated heterocycles. The average molecular weight is 373 g/mol. The second-order valence-electron chi connectivity index (χ2n) is 7.15. The summed E-state index contributed by atoms with van der Waals surface area (Å²) in [5, 5.41) is 9.51. The largest absolute Gasteiger partial charge is 0.397 e.